The second kappa shape index (κ2) is 24.0. The molecule has 3 rings (SSSR count). The first-order valence-corrected chi connectivity index (χ1v) is 16.2. The minimum atomic E-state index is -1.30. The molecule has 3 amide bonds. The molecular weight excluding hydrogens is 610 g/mol. The maximum Gasteiger partial charge on any atom is 0.408 e. The predicted molar refractivity (Wildman–Crippen MR) is 190 cm³/mol. The van der Waals surface area contributed by atoms with E-state index in [-0.39, 0.29) is 25.1 Å². The number of benzene rings is 3. The fourth-order valence-corrected chi connectivity index (χ4v) is 3.98. The molecule has 0 aromatic heterocycles. The summed E-state index contributed by atoms with van der Waals surface area (Å²) in [4.78, 5) is 49.7. The van der Waals surface area contributed by atoms with Crippen molar-refractivity contribution in [2.75, 3.05) is 6.54 Å². The number of unbranched alkanes of at least 4 members (excludes halogenated alkanes) is 2. The van der Waals surface area contributed by atoms with Crippen LogP contribution in [-0.4, -0.2) is 53.4 Å². The predicted octanol–water partition coefficient (Wildman–Crippen LogP) is 6.14. The summed E-state index contributed by atoms with van der Waals surface area (Å²) in [6, 6.07) is 24.9. The summed E-state index contributed by atoms with van der Waals surface area (Å²) in [6.07, 6.45) is 4.48. The standard InChI is InChI=1S/C20H22N2O5.C12H18N2.C5H11NO/c1-2-14-8-10-16(11-9-14)18(23)21-12-17(19(24)25)22-20(26)27-13-15-6-4-3-5-7-15;1-2-3-5-10-12(13)14-11-8-6-4-7-9-11;1-4(2)6-5(3)7/h3-11,17H,2,12-13H2,1H3,(H,21,23)(H,22,26)(H,24,25);4,6-9H,2-3,5,10H2,1H3,(H2,13,14);4H,1-3H3,(H,6,7). The minimum Gasteiger partial charge on any atom is -0.480 e. The van der Waals surface area contributed by atoms with E-state index in [4.69, 9.17) is 10.5 Å². The van der Waals surface area contributed by atoms with Crippen LogP contribution >= 0.6 is 0 Å². The van der Waals surface area contributed by atoms with Gasteiger partial charge in [0, 0.05) is 31.5 Å². The number of carboxylic acid groups (broad SMARTS) is 1. The number of aliphatic carboxylic acids is 1. The molecule has 1 unspecified atom stereocenters. The van der Waals surface area contributed by atoms with Crippen LogP contribution in [0.5, 0.6) is 0 Å². The summed E-state index contributed by atoms with van der Waals surface area (Å²) >= 11 is 0. The molecule has 0 aliphatic carbocycles. The highest BCUT2D eigenvalue weighted by atomic mass is 16.5. The number of alkyl carbamates (subject to hydrolysis) is 1. The molecule has 0 bridgehead atoms. The molecule has 11 heteroatoms. The molecule has 0 radical (unpaired) electrons. The molecule has 6 N–H and O–H groups in total. The van der Waals surface area contributed by atoms with Gasteiger partial charge in [-0.3, -0.25) is 9.59 Å². The molecule has 0 spiro atoms. The molecule has 48 heavy (non-hydrogen) atoms. The van der Waals surface area contributed by atoms with Crippen LogP contribution in [0.1, 0.15) is 81.8 Å². The van der Waals surface area contributed by atoms with Crippen LogP contribution in [-0.2, 0) is 27.4 Å². The second-order valence-electron chi connectivity index (χ2n) is 11.1. The number of ether oxygens (including phenoxy) is 1. The first-order valence-electron chi connectivity index (χ1n) is 16.2. The summed E-state index contributed by atoms with van der Waals surface area (Å²) in [7, 11) is 0. The van der Waals surface area contributed by atoms with Crippen molar-refractivity contribution < 1.29 is 29.0 Å². The van der Waals surface area contributed by atoms with Gasteiger partial charge < -0.3 is 31.5 Å². The van der Waals surface area contributed by atoms with Gasteiger partial charge in [0.25, 0.3) is 5.91 Å². The molecule has 0 saturated heterocycles. The third-order valence-electron chi connectivity index (χ3n) is 6.45. The normalized spacial score (nSPS) is 11.1. The van der Waals surface area contributed by atoms with E-state index in [2.05, 4.69) is 27.9 Å². The number of amides is 3. The van der Waals surface area contributed by atoms with Crippen molar-refractivity contribution in [2.45, 2.75) is 85.4 Å². The van der Waals surface area contributed by atoms with E-state index in [1.807, 2.05) is 69.3 Å². The molecule has 0 fully saturated rings. The zero-order valence-electron chi connectivity index (χ0n) is 28.7. The van der Waals surface area contributed by atoms with Gasteiger partial charge in [-0.25, -0.2) is 14.6 Å². The molecule has 3 aromatic carbocycles. The number of nitrogens with zero attached hydrogens (tertiary/aromatic N) is 1. The molecule has 0 heterocycles. The third-order valence-corrected chi connectivity index (χ3v) is 6.45. The number of carboxylic acids is 1. The molecular formula is C37H51N5O6. The van der Waals surface area contributed by atoms with E-state index < -0.39 is 24.0 Å². The molecule has 0 saturated carbocycles. The van der Waals surface area contributed by atoms with E-state index >= 15 is 0 Å². The van der Waals surface area contributed by atoms with Crippen molar-refractivity contribution in [1.82, 2.24) is 16.0 Å². The topological polar surface area (TPSA) is 172 Å². The van der Waals surface area contributed by atoms with Crippen molar-refractivity contribution in [1.29, 1.82) is 0 Å². The number of aryl methyl sites for hydroxylation is 1. The number of nitrogens with one attached hydrogen (secondary N) is 3. The monoisotopic (exact) mass is 661 g/mol. The van der Waals surface area contributed by atoms with Gasteiger partial charge in [0.1, 0.15) is 12.6 Å². The minimum absolute atomic E-state index is 0.0230. The molecule has 260 valence electrons. The Morgan fingerprint density at radius 2 is 1.44 bits per heavy atom. The van der Waals surface area contributed by atoms with Crippen LogP contribution in [0.4, 0.5) is 10.5 Å². The van der Waals surface area contributed by atoms with Gasteiger partial charge in [-0.05, 0) is 62.1 Å². The average Bonchev–Trinajstić information content (AvgIpc) is 3.06. The average molecular weight is 662 g/mol. The summed E-state index contributed by atoms with van der Waals surface area (Å²) < 4.78 is 5.00. The van der Waals surface area contributed by atoms with Gasteiger partial charge in [-0.15, -0.1) is 0 Å². The number of amidine groups is 1. The van der Waals surface area contributed by atoms with Crippen LogP contribution in [0.25, 0.3) is 0 Å². The largest absolute Gasteiger partial charge is 0.480 e. The van der Waals surface area contributed by atoms with Gasteiger partial charge in [-0.2, -0.15) is 0 Å². The van der Waals surface area contributed by atoms with Crippen LogP contribution in [0.3, 0.4) is 0 Å². The zero-order chi connectivity index (χ0) is 35.7. The Bertz CT molecular complexity index is 1400. The third kappa shape index (κ3) is 19.4. The van der Waals surface area contributed by atoms with Crippen molar-refractivity contribution >= 4 is 35.4 Å². The van der Waals surface area contributed by atoms with Gasteiger partial charge in [0.2, 0.25) is 5.91 Å². The van der Waals surface area contributed by atoms with E-state index in [1.165, 1.54) is 19.8 Å². The van der Waals surface area contributed by atoms with Crippen LogP contribution in [0.2, 0.25) is 0 Å². The number of carbonyl (C=O) groups is 4. The molecule has 1 atom stereocenters. The van der Waals surface area contributed by atoms with Crippen molar-refractivity contribution in [3.63, 3.8) is 0 Å². The highest BCUT2D eigenvalue weighted by Crippen LogP contribution is 2.11. The fraction of sp³-hybridized carbons (Fsp3) is 0.378. The number of hydrogen-bond acceptors (Lipinski definition) is 6. The van der Waals surface area contributed by atoms with Crippen LogP contribution in [0, 0.1) is 0 Å². The van der Waals surface area contributed by atoms with Crippen LogP contribution in [0.15, 0.2) is 89.9 Å². The highest BCUT2D eigenvalue weighted by Gasteiger charge is 2.22. The first kappa shape index (κ1) is 40.8. The smallest absolute Gasteiger partial charge is 0.408 e. The Kier molecular flexibility index (Phi) is 20.5. The number of hydrogen-bond donors (Lipinski definition) is 5. The van der Waals surface area contributed by atoms with Crippen molar-refractivity contribution in [3.8, 4) is 0 Å². The summed E-state index contributed by atoms with van der Waals surface area (Å²) in [5.74, 6) is -0.906. The van der Waals surface area contributed by atoms with Crippen LogP contribution < -0.4 is 21.7 Å². The molecule has 0 aliphatic rings. The maximum absolute atomic E-state index is 12.1. The Hall–Kier alpha value is -5.19. The lowest BCUT2D eigenvalue weighted by Gasteiger charge is -2.15. The summed E-state index contributed by atoms with van der Waals surface area (Å²) in [6.45, 7) is 9.34. The number of carbonyl (C=O) groups excluding carboxylic acids is 3. The van der Waals surface area contributed by atoms with Gasteiger partial charge >= 0.3 is 12.1 Å². The SMILES string of the molecule is CC(=O)NC(C)C.CCCCCC(N)=Nc1ccccc1.CCc1ccc(C(=O)NCC(NC(=O)OCc2ccccc2)C(=O)O)cc1. The van der Waals surface area contributed by atoms with Crippen molar-refractivity contribution in [3.05, 3.63) is 102 Å². The summed E-state index contributed by atoms with van der Waals surface area (Å²) in [5.41, 5.74) is 9.04. The lowest BCUT2D eigenvalue weighted by atomic mass is 10.1. The maximum atomic E-state index is 12.1. The van der Waals surface area contributed by atoms with E-state index in [0.29, 0.717) is 5.56 Å². The lowest BCUT2D eigenvalue weighted by molar-refractivity contribution is -0.139. The highest BCUT2D eigenvalue weighted by molar-refractivity contribution is 5.94. The fourth-order valence-electron chi connectivity index (χ4n) is 3.98. The Labute approximate surface area is 284 Å². The molecule has 11 nitrogen and oxygen atoms in total. The van der Waals surface area contributed by atoms with Gasteiger partial charge in [-0.1, -0.05) is 87.4 Å². The van der Waals surface area contributed by atoms with E-state index in [0.717, 1.165) is 41.9 Å². The Morgan fingerprint density at radius 1 is 0.833 bits per heavy atom. The zero-order valence-corrected chi connectivity index (χ0v) is 28.7. The number of para-hydroxylation sites is 1. The first-order chi connectivity index (χ1) is 22.9. The Balaban J connectivity index is 0.000000454. The Morgan fingerprint density at radius 3 is 1.94 bits per heavy atom. The quantitative estimate of drug-likeness (QED) is 0.0784. The number of nitrogens with two attached hydrogens (primary N) is 1. The van der Waals surface area contributed by atoms with E-state index in [1.54, 1.807) is 36.4 Å². The van der Waals surface area contributed by atoms with E-state index in [9.17, 15) is 24.3 Å². The number of aliphatic imine (C=N–C) groups is 1. The summed E-state index contributed by atoms with van der Waals surface area (Å²) in [5, 5.41) is 16.6. The van der Waals surface area contributed by atoms with Gasteiger partial charge in [0.05, 0.1) is 11.5 Å². The second-order valence-corrected chi connectivity index (χ2v) is 11.1. The number of rotatable bonds is 14. The lowest BCUT2D eigenvalue weighted by Crippen LogP contribution is -2.48. The molecule has 3 aromatic rings. The van der Waals surface area contributed by atoms with Crippen molar-refractivity contribution in [2.24, 2.45) is 10.7 Å². The van der Waals surface area contributed by atoms with Gasteiger partial charge in [0.15, 0.2) is 0 Å². The molecule has 0 aliphatic heterocycles.